The average molecular weight is 469 g/mol. The monoisotopic (exact) mass is 468 g/mol. The van der Waals surface area contributed by atoms with Crippen LogP contribution < -0.4 is 22.1 Å². The largest absolute Gasteiger partial charge is 0.367 e. The highest BCUT2D eigenvalue weighted by Gasteiger charge is 2.20. The Morgan fingerprint density at radius 1 is 1.15 bits per heavy atom. The van der Waals surface area contributed by atoms with Gasteiger partial charge in [0.15, 0.2) is 0 Å². The minimum absolute atomic E-state index is 0.234. The Balaban J connectivity index is 1.59. The van der Waals surface area contributed by atoms with Crippen LogP contribution in [0.3, 0.4) is 0 Å². The SMILES string of the molecule is NC(=O)c1ccc(-c2cc(N[C@H]3CC[C@H](N)CC3)ncc2Cl)nc1NCc1cccc(F)c1. The number of rotatable bonds is 7. The summed E-state index contributed by atoms with van der Waals surface area (Å²) in [6.07, 6.45) is 5.52. The third kappa shape index (κ3) is 5.77. The number of nitrogens with one attached hydrogen (secondary N) is 2. The second-order valence-corrected chi connectivity index (χ2v) is 8.65. The lowest BCUT2D eigenvalue weighted by Crippen LogP contribution is -2.33. The molecule has 0 aliphatic heterocycles. The first-order chi connectivity index (χ1) is 15.9. The standard InChI is InChI=1S/C24H26ClFN6O/c25-20-13-29-22(31-17-6-4-16(27)5-7-17)11-19(20)21-9-8-18(23(28)33)24(32-21)30-12-14-2-1-3-15(26)10-14/h1-3,8-11,13,16-17H,4-7,12,27H2,(H2,28,33)(H,29,31)(H,30,32)/t16-,17-. The molecule has 0 atom stereocenters. The topological polar surface area (TPSA) is 119 Å². The average Bonchev–Trinajstić information content (AvgIpc) is 2.80. The van der Waals surface area contributed by atoms with Crippen molar-refractivity contribution in [2.24, 2.45) is 11.5 Å². The smallest absolute Gasteiger partial charge is 0.252 e. The van der Waals surface area contributed by atoms with Crippen LogP contribution in [-0.2, 0) is 6.54 Å². The fourth-order valence-electron chi connectivity index (χ4n) is 3.96. The highest BCUT2D eigenvalue weighted by Crippen LogP contribution is 2.31. The molecule has 0 spiro atoms. The van der Waals surface area contributed by atoms with Crippen molar-refractivity contribution >= 4 is 29.1 Å². The minimum atomic E-state index is -0.616. The summed E-state index contributed by atoms with van der Waals surface area (Å²) >= 11 is 6.44. The van der Waals surface area contributed by atoms with Gasteiger partial charge in [0.1, 0.15) is 17.5 Å². The first kappa shape index (κ1) is 22.9. The van der Waals surface area contributed by atoms with Crippen molar-refractivity contribution in [2.75, 3.05) is 10.6 Å². The molecule has 6 N–H and O–H groups in total. The van der Waals surface area contributed by atoms with E-state index in [2.05, 4.69) is 20.6 Å². The maximum Gasteiger partial charge on any atom is 0.252 e. The summed E-state index contributed by atoms with van der Waals surface area (Å²) in [6, 6.07) is 11.9. The maximum atomic E-state index is 13.5. The lowest BCUT2D eigenvalue weighted by molar-refractivity contribution is 0.100. The van der Waals surface area contributed by atoms with Gasteiger partial charge >= 0.3 is 0 Å². The highest BCUT2D eigenvalue weighted by molar-refractivity contribution is 6.33. The Kier molecular flexibility index (Phi) is 7.05. The van der Waals surface area contributed by atoms with E-state index in [1.165, 1.54) is 12.1 Å². The second-order valence-electron chi connectivity index (χ2n) is 8.25. The normalized spacial score (nSPS) is 18.0. The molecule has 7 nitrogen and oxygen atoms in total. The first-order valence-electron chi connectivity index (χ1n) is 10.9. The van der Waals surface area contributed by atoms with E-state index in [1.54, 1.807) is 30.5 Å². The summed E-state index contributed by atoms with van der Waals surface area (Å²) in [5.74, 6) is 0.0435. The summed E-state index contributed by atoms with van der Waals surface area (Å²) in [4.78, 5) is 20.9. The number of aromatic nitrogens is 2. The molecular formula is C24H26ClFN6O. The van der Waals surface area contributed by atoms with Gasteiger partial charge in [0.2, 0.25) is 0 Å². The summed E-state index contributed by atoms with van der Waals surface area (Å²) in [7, 11) is 0. The molecule has 0 radical (unpaired) electrons. The Morgan fingerprint density at radius 3 is 2.67 bits per heavy atom. The Bertz CT molecular complexity index is 1150. The molecule has 1 saturated carbocycles. The third-order valence-corrected chi connectivity index (χ3v) is 6.07. The number of amides is 1. The lowest BCUT2D eigenvalue weighted by atomic mass is 9.92. The van der Waals surface area contributed by atoms with Gasteiger partial charge in [0.25, 0.3) is 5.91 Å². The van der Waals surface area contributed by atoms with Crippen molar-refractivity contribution in [1.82, 2.24) is 9.97 Å². The number of carbonyl (C=O) groups excluding carboxylic acids is 1. The number of carbonyl (C=O) groups is 1. The minimum Gasteiger partial charge on any atom is -0.367 e. The molecular weight excluding hydrogens is 443 g/mol. The first-order valence-corrected chi connectivity index (χ1v) is 11.2. The summed E-state index contributed by atoms with van der Waals surface area (Å²) in [6.45, 7) is 0.273. The van der Waals surface area contributed by atoms with E-state index >= 15 is 0 Å². The zero-order chi connectivity index (χ0) is 23.4. The van der Waals surface area contributed by atoms with E-state index < -0.39 is 5.91 Å². The zero-order valence-electron chi connectivity index (χ0n) is 18.0. The number of hydrogen-bond acceptors (Lipinski definition) is 6. The van der Waals surface area contributed by atoms with E-state index in [-0.39, 0.29) is 24.0 Å². The van der Waals surface area contributed by atoms with Crippen LogP contribution in [0.4, 0.5) is 16.0 Å². The molecule has 0 unspecified atom stereocenters. The predicted octanol–water partition coefficient (Wildman–Crippen LogP) is 4.33. The van der Waals surface area contributed by atoms with Gasteiger partial charge in [-0.1, -0.05) is 23.7 Å². The van der Waals surface area contributed by atoms with Crippen molar-refractivity contribution in [1.29, 1.82) is 0 Å². The van der Waals surface area contributed by atoms with E-state index in [4.69, 9.17) is 23.1 Å². The summed E-state index contributed by atoms with van der Waals surface area (Å²) < 4.78 is 13.5. The van der Waals surface area contributed by atoms with Crippen LogP contribution in [0.5, 0.6) is 0 Å². The van der Waals surface area contributed by atoms with Crippen LogP contribution in [0.1, 0.15) is 41.6 Å². The predicted molar refractivity (Wildman–Crippen MR) is 129 cm³/mol. The van der Waals surface area contributed by atoms with E-state index in [1.807, 2.05) is 6.07 Å². The van der Waals surface area contributed by atoms with Gasteiger partial charge in [-0.15, -0.1) is 0 Å². The number of benzene rings is 1. The molecule has 1 aliphatic rings. The molecule has 9 heteroatoms. The van der Waals surface area contributed by atoms with Crippen LogP contribution >= 0.6 is 11.6 Å². The lowest BCUT2D eigenvalue weighted by Gasteiger charge is -2.27. The second kappa shape index (κ2) is 10.1. The summed E-state index contributed by atoms with van der Waals surface area (Å²) in [5.41, 5.74) is 13.7. The molecule has 3 aromatic rings. The maximum absolute atomic E-state index is 13.5. The number of pyridine rings is 2. The molecule has 1 amide bonds. The van der Waals surface area contributed by atoms with Crippen LogP contribution in [0.2, 0.25) is 5.02 Å². The molecule has 33 heavy (non-hydrogen) atoms. The van der Waals surface area contributed by atoms with Gasteiger partial charge in [-0.3, -0.25) is 4.79 Å². The number of nitrogens with two attached hydrogens (primary N) is 2. The molecule has 2 heterocycles. The quantitative estimate of drug-likeness (QED) is 0.410. The molecule has 172 valence electrons. The molecule has 1 aliphatic carbocycles. The summed E-state index contributed by atoms with van der Waals surface area (Å²) in [5, 5.41) is 6.98. The van der Waals surface area contributed by atoms with Crippen LogP contribution in [0, 0.1) is 5.82 Å². The van der Waals surface area contributed by atoms with Crippen molar-refractivity contribution in [2.45, 2.75) is 44.3 Å². The molecule has 4 rings (SSSR count). The van der Waals surface area contributed by atoms with Crippen molar-refractivity contribution in [3.05, 3.63) is 70.6 Å². The van der Waals surface area contributed by atoms with E-state index in [0.29, 0.717) is 39.5 Å². The molecule has 0 saturated heterocycles. The Labute approximate surface area is 196 Å². The Hall–Kier alpha value is -3.23. The number of anilines is 2. The van der Waals surface area contributed by atoms with Gasteiger partial charge in [-0.05, 0) is 61.6 Å². The number of primary amides is 1. The van der Waals surface area contributed by atoms with Crippen molar-refractivity contribution < 1.29 is 9.18 Å². The number of nitrogens with zero attached hydrogens (tertiary/aromatic N) is 2. The molecule has 2 aromatic heterocycles. The van der Waals surface area contributed by atoms with Gasteiger partial charge < -0.3 is 22.1 Å². The third-order valence-electron chi connectivity index (χ3n) is 5.76. The van der Waals surface area contributed by atoms with Crippen LogP contribution in [0.15, 0.2) is 48.7 Å². The van der Waals surface area contributed by atoms with E-state index in [0.717, 1.165) is 25.7 Å². The fraction of sp³-hybridized carbons (Fsp3) is 0.292. The zero-order valence-corrected chi connectivity index (χ0v) is 18.8. The van der Waals surface area contributed by atoms with Gasteiger partial charge in [-0.2, -0.15) is 0 Å². The van der Waals surface area contributed by atoms with E-state index in [9.17, 15) is 9.18 Å². The number of halogens is 2. The molecule has 0 bridgehead atoms. The van der Waals surface area contributed by atoms with Gasteiger partial charge in [0.05, 0.1) is 16.3 Å². The molecule has 1 fully saturated rings. The van der Waals surface area contributed by atoms with Gasteiger partial charge in [-0.25, -0.2) is 14.4 Å². The van der Waals surface area contributed by atoms with Crippen LogP contribution in [-0.4, -0.2) is 28.0 Å². The van der Waals surface area contributed by atoms with Crippen LogP contribution in [0.25, 0.3) is 11.3 Å². The van der Waals surface area contributed by atoms with Crippen molar-refractivity contribution in [3.8, 4) is 11.3 Å². The highest BCUT2D eigenvalue weighted by atomic mass is 35.5. The van der Waals surface area contributed by atoms with Crippen molar-refractivity contribution in [3.63, 3.8) is 0 Å². The van der Waals surface area contributed by atoms with Gasteiger partial charge in [0, 0.05) is 30.4 Å². The Morgan fingerprint density at radius 2 is 1.94 bits per heavy atom. The fourth-order valence-corrected chi connectivity index (χ4v) is 4.16. The molecule has 1 aromatic carbocycles. The number of hydrogen-bond donors (Lipinski definition) is 4.